The Bertz CT molecular complexity index is 370. The summed E-state index contributed by atoms with van der Waals surface area (Å²) < 4.78 is 0. The number of rotatable bonds is 0. The van der Waals surface area contributed by atoms with Gasteiger partial charge in [0, 0.05) is 11.3 Å². The molecule has 0 radical (unpaired) electrons. The van der Waals surface area contributed by atoms with E-state index in [1.807, 2.05) is 0 Å². The van der Waals surface area contributed by atoms with Crippen LogP contribution in [-0.2, 0) is 4.79 Å². The number of hydrogen-bond donors (Lipinski definition) is 0. The van der Waals surface area contributed by atoms with Gasteiger partial charge >= 0.3 is 0 Å². The van der Waals surface area contributed by atoms with Crippen molar-refractivity contribution in [2.24, 2.45) is 29.1 Å². The lowest BCUT2D eigenvalue weighted by molar-refractivity contribution is -0.138. The van der Waals surface area contributed by atoms with Gasteiger partial charge in [-0.25, -0.2) is 0 Å². The van der Waals surface area contributed by atoms with Gasteiger partial charge in [-0.3, -0.25) is 4.79 Å². The SMILES string of the molecule is O=C1[C@@H]2CC[C@@H](C2)C12CCC1CC=CC2C1. The summed E-state index contributed by atoms with van der Waals surface area (Å²) in [7, 11) is 0. The van der Waals surface area contributed by atoms with Gasteiger partial charge in [0.15, 0.2) is 0 Å². The molecular formula is C15H20O. The molecule has 3 saturated carbocycles. The fourth-order valence-electron chi connectivity index (χ4n) is 5.30. The lowest BCUT2D eigenvalue weighted by Crippen LogP contribution is -2.47. The van der Waals surface area contributed by atoms with E-state index in [0.717, 1.165) is 11.8 Å². The smallest absolute Gasteiger partial charge is 0.142 e. The highest BCUT2D eigenvalue weighted by Crippen LogP contribution is 2.63. The molecular weight excluding hydrogens is 196 g/mol. The van der Waals surface area contributed by atoms with Crippen molar-refractivity contribution in [2.45, 2.75) is 44.9 Å². The van der Waals surface area contributed by atoms with Crippen LogP contribution in [-0.4, -0.2) is 5.78 Å². The molecule has 86 valence electrons. The molecule has 16 heavy (non-hydrogen) atoms. The summed E-state index contributed by atoms with van der Waals surface area (Å²) in [6.07, 6.45) is 13.6. The lowest BCUT2D eigenvalue weighted by atomic mass is 9.54. The van der Waals surface area contributed by atoms with Gasteiger partial charge < -0.3 is 0 Å². The molecule has 1 spiro atoms. The second-order valence-corrected chi connectivity index (χ2v) is 6.52. The van der Waals surface area contributed by atoms with Crippen LogP contribution in [0, 0.1) is 29.1 Å². The minimum Gasteiger partial charge on any atom is -0.299 e. The third kappa shape index (κ3) is 0.959. The predicted molar refractivity (Wildman–Crippen MR) is 62.9 cm³/mol. The highest BCUT2D eigenvalue weighted by Gasteiger charge is 2.61. The summed E-state index contributed by atoms with van der Waals surface area (Å²) >= 11 is 0. The summed E-state index contributed by atoms with van der Waals surface area (Å²) in [5, 5.41) is 0. The summed E-state index contributed by atoms with van der Waals surface area (Å²) in [5.74, 6) is 3.38. The van der Waals surface area contributed by atoms with Crippen molar-refractivity contribution in [1.29, 1.82) is 0 Å². The number of hydrogen-bond acceptors (Lipinski definition) is 1. The van der Waals surface area contributed by atoms with E-state index in [4.69, 9.17) is 0 Å². The molecule has 1 nitrogen and oxygen atoms in total. The fraction of sp³-hybridized carbons (Fsp3) is 0.800. The van der Waals surface area contributed by atoms with Gasteiger partial charge in [-0.05, 0) is 62.7 Å². The van der Waals surface area contributed by atoms with Gasteiger partial charge in [0.05, 0.1) is 0 Å². The van der Waals surface area contributed by atoms with Gasteiger partial charge in [0.1, 0.15) is 5.78 Å². The van der Waals surface area contributed by atoms with Crippen LogP contribution < -0.4 is 0 Å². The predicted octanol–water partition coefficient (Wildman–Crippen LogP) is 3.35. The number of carbonyl (C=O) groups excluding carboxylic acids is 1. The Morgan fingerprint density at radius 2 is 2.12 bits per heavy atom. The van der Waals surface area contributed by atoms with Crippen molar-refractivity contribution in [2.75, 3.05) is 0 Å². The van der Waals surface area contributed by atoms with Crippen LogP contribution in [0.4, 0.5) is 0 Å². The Hall–Kier alpha value is -0.590. The van der Waals surface area contributed by atoms with Gasteiger partial charge in [-0.1, -0.05) is 12.2 Å². The maximum absolute atomic E-state index is 12.6. The topological polar surface area (TPSA) is 17.1 Å². The van der Waals surface area contributed by atoms with Gasteiger partial charge in [-0.2, -0.15) is 0 Å². The molecule has 0 saturated heterocycles. The van der Waals surface area contributed by atoms with Crippen LogP contribution in [0.3, 0.4) is 0 Å². The number of ketones is 1. The maximum Gasteiger partial charge on any atom is 0.142 e. The lowest BCUT2D eigenvalue weighted by Gasteiger charge is -2.48. The van der Waals surface area contributed by atoms with Crippen LogP contribution in [0.2, 0.25) is 0 Å². The molecule has 0 N–H and O–H groups in total. The quantitative estimate of drug-likeness (QED) is 0.567. The monoisotopic (exact) mass is 216 g/mol. The molecule has 0 aromatic carbocycles. The zero-order valence-electron chi connectivity index (χ0n) is 9.82. The number of allylic oxidation sites excluding steroid dienone is 2. The molecule has 0 aliphatic heterocycles. The van der Waals surface area contributed by atoms with Gasteiger partial charge in [-0.15, -0.1) is 0 Å². The van der Waals surface area contributed by atoms with E-state index in [1.165, 1.54) is 44.9 Å². The Balaban J connectivity index is 1.78. The van der Waals surface area contributed by atoms with Crippen LogP contribution in [0.15, 0.2) is 12.2 Å². The molecule has 4 rings (SSSR count). The minimum absolute atomic E-state index is 0.121. The van der Waals surface area contributed by atoms with Crippen molar-refractivity contribution < 1.29 is 4.79 Å². The van der Waals surface area contributed by atoms with Crippen LogP contribution in [0.25, 0.3) is 0 Å². The largest absolute Gasteiger partial charge is 0.299 e. The third-order valence-corrected chi connectivity index (χ3v) is 6.04. The summed E-state index contributed by atoms with van der Waals surface area (Å²) in [6.45, 7) is 0. The molecule has 0 aromatic heterocycles. The van der Waals surface area contributed by atoms with Crippen molar-refractivity contribution in [3.05, 3.63) is 12.2 Å². The minimum atomic E-state index is 0.121. The zero-order chi connectivity index (χ0) is 10.8. The Morgan fingerprint density at radius 3 is 2.94 bits per heavy atom. The van der Waals surface area contributed by atoms with E-state index in [9.17, 15) is 4.79 Å². The van der Waals surface area contributed by atoms with Gasteiger partial charge in [0.25, 0.3) is 0 Å². The molecule has 1 heteroatoms. The van der Waals surface area contributed by atoms with E-state index in [1.54, 1.807) is 0 Å². The second-order valence-electron chi connectivity index (χ2n) is 6.52. The first-order chi connectivity index (χ1) is 7.80. The molecule has 4 aliphatic rings. The standard InChI is InChI=1S/C15H20O/c16-14-11-4-5-13(9-11)15(14)7-6-10-2-1-3-12(15)8-10/h1,3,10-13H,2,4-9H2/t10?,11-,12?,13+,15?/m1/s1. The average molecular weight is 216 g/mol. The number of Topliss-reactive ketones (excluding diaryl/α,β-unsaturated/α-hetero) is 1. The first-order valence-corrected chi connectivity index (χ1v) is 7.01. The van der Waals surface area contributed by atoms with E-state index in [0.29, 0.717) is 17.6 Å². The molecule has 0 aromatic rings. The number of carbonyl (C=O) groups is 1. The zero-order valence-corrected chi connectivity index (χ0v) is 9.82. The molecule has 3 fully saturated rings. The third-order valence-electron chi connectivity index (χ3n) is 6.04. The fourth-order valence-corrected chi connectivity index (χ4v) is 5.30. The first-order valence-electron chi connectivity index (χ1n) is 7.01. The van der Waals surface area contributed by atoms with E-state index >= 15 is 0 Å². The summed E-state index contributed by atoms with van der Waals surface area (Å²) in [5.41, 5.74) is 0.121. The van der Waals surface area contributed by atoms with E-state index in [2.05, 4.69) is 12.2 Å². The Kier molecular flexibility index (Phi) is 1.77. The normalized spacial score (nSPS) is 53.9. The highest BCUT2D eigenvalue weighted by atomic mass is 16.1. The summed E-state index contributed by atoms with van der Waals surface area (Å²) in [4.78, 5) is 12.6. The first kappa shape index (κ1) is 9.44. The van der Waals surface area contributed by atoms with Gasteiger partial charge in [0.2, 0.25) is 0 Å². The highest BCUT2D eigenvalue weighted by molar-refractivity contribution is 5.91. The van der Waals surface area contributed by atoms with Crippen molar-refractivity contribution in [1.82, 2.24) is 0 Å². The van der Waals surface area contributed by atoms with E-state index in [-0.39, 0.29) is 5.41 Å². The molecule has 5 atom stereocenters. The van der Waals surface area contributed by atoms with E-state index < -0.39 is 0 Å². The molecule has 3 unspecified atom stereocenters. The molecule has 4 aliphatic carbocycles. The second kappa shape index (κ2) is 3.00. The van der Waals surface area contributed by atoms with Crippen molar-refractivity contribution in [3.8, 4) is 0 Å². The number of fused-ring (bicyclic) bond motifs is 6. The van der Waals surface area contributed by atoms with Crippen molar-refractivity contribution >= 4 is 5.78 Å². The Morgan fingerprint density at radius 1 is 1.19 bits per heavy atom. The summed E-state index contributed by atoms with van der Waals surface area (Å²) in [6, 6.07) is 0. The molecule has 4 bridgehead atoms. The average Bonchev–Trinajstić information content (AvgIpc) is 2.87. The molecule has 0 heterocycles. The van der Waals surface area contributed by atoms with Crippen LogP contribution in [0.1, 0.15) is 44.9 Å². The Labute approximate surface area is 97.3 Å². The van der Waals surface area contributed by atoms with Crippen LogP contribution in [0.5, 0.6) is 0 Å². The molecule has 0 amide bonds. The van der Waals surface area contributed by atoms with Crippen LogP contribution >= 0.6 is 0 Å². The maximum atomic E-state index is 12.6. The van der Waals surface area contributed by atoms with Crippen molar-refractivity contribution in [3.63, 3.8) is 0 Å².